The van der Waals surface area contributed by atoms with Crippen molar-refractivity contribution in [1.82, 2.24) is 5.32 Å². The summed E-state index contributed by atoms with van der Waals surface area (Å²) in [6.07, 6.45) is 0.648. The molecular weight excluding hydrogens is 266 g/mol. The van der Waals surface area contributed by atoms with Gasteiger partial charge in [0.05, 0.1) is 12.7 Å². The van der Waals surface area contributed by atoms with Gasteiger partial charge in [-0.1, -0.05) is 19.1 Å². The minimum atomic E-state index is -0.600. The number of ether oxygens (including phenoxy) is 2. The molecule has 0 aliphatic heterocycles. The molecular formula is C17H29NO3. The van der Waals surface area contributed by atoms with E-state index in [2.05, 4.69) is 31.3 Å². The van der Waals surface area contributed by atoms with Gasteiger partial charge >= 0.3 is 0 Å². The lowest BCUT2D eigenvalue weighted by molar-refractivity contribution is -0.0122. The molecule has 0 saturated heterocycles. The molecule has 4 nitrogen and oxygen atoms in total. The van der Waals surface area contributed by atoms with Crippen LogP contribution in [0.1, 0.15) is 45.7 Å². The number of nitrogens with one attached hydrogen (secondary N) is 1. The van der Waals surface area contributed by atoms with Crippen LogP contribution >= 0.6 is 0 Å². The van der Waals surface area contributed by atoms with Crippen LogP contribution in [-0.4, -0.2) is 37.1 Å². The average Bonchev–Trinajstić information content (AvgIpc) is 2.49. The fourth-order valence-electron chi connectivity index (χ4n) is 1.88. The van der Waals surface area contributed by atoms with E-state index in [4.69, 9.17) is 9.47 Å². The topological polar surface area (TPSA) is 50.7 Å². The second-order valence-corrected chi connectivity index (χ2v) is 5.59. The van der Waals surface area contributed by atoms with Crippen molar-refractivity contribution in [2.75, 3.05) is 19.8 Å². The van der Waals surface area contributed by atoms with Crippen molar-refractivity contribution in [1.29, 1.82) is 0 Å². The monoisotopic (exact) mass is 295 g/mol. The van der Waals surface area contributed by atoms with Crippen molar-refractivity contribution in [3.05, 3.63) is 29.8 Å². The van der Waals surface area contributed by atoms with Crippen molar-refractivity contribution in [2.45, 2.75) is 52.4 Å². The summed E-state index contributed by atoms with van der Waals surface area (Å²) in [5, 5.41) is 13.2. The fraction of sp³-hybridized carbons (Fsp3) is 0.647. The minimum absolute atomic E-state index is 0.121. The summed E-state index contributed by atoms with van der Waals surface area (Å²) >= 11 is 0. The van der Waals surface area contributed by atoms with Crippen LogP contribution in [0.5, 0.6) is 5.75 Å². The first-order valence-corrected chi connectivity index (χ1v) is 7.78. The van der Waals surface area contributed by atoms with Crippen molar-refractivity contribution < 1.29 is 14.6 Å². The maximum Gasteiger partial charge on any atom is 0.119 e. The first-order chi connectivity index (χ1) is 10.0. The average molecular weight is 295 g/mol. The van der Waals surface area contributed by atoms with E-state index in [1.807, 2.05) is 26.0 Å². The summed E-state index contributed by atoms with van der Waals surface area (Å²) in [5.74, 6) is 0.769. The smallest absolute Gasteiger partial charge is 0.119 e. The molecule has 1 aromatic rings. The molecule has 1 rings (SSSR count). The quantitative estimate of drug-likeness (QED) is 0.697. The predicted octanol–water partition coefficient (Wildman–Crippen LogP) is 2.91. The van der Waals surface area contributed by atoms with Crippen LogP contribution < -0.4 is 10.1 Å². The fourth-order valence-corrected chi connectivity index (χ4v) is 1.88. The molecule has 4 heteroatoms. The lowest BCUT2D eigenvalue weighted by Crippen LogP contribution is -2.25. The van der Waals surface area contributed by atoms with E-state index in [9.17, 15) is 5.11 Å². The molecule has 0 fully saturated rings. The third kappa shape index (κ3) is 7.46. The predicted molar refractivity (Wildman–Crippen MR) is 85.7 cm³/mol. The zero-order valence-corrected chi connectivity index (χ0v) is 13.6. The summed E-state index contributed by atoms with van der Waals surface area (Å²) in [6.45, 7) is 9.76. The van der Waals surface area contributed by atoms with E-state index in [-0.39, 0.29) is 12.7 Å². The van der Waals surface area contributed by atoms with E-state index in [0.717, 1.165) is 18.7 Å². The van der Waals surface area contributed by atoms with Gasteiger partial charge in [0.1, 0.15) is 18.5 Å². The Morgan fingerprint density at radius 2 is 1.76 bits per heavy atom. The lowest BCUT2D eigenvalue weighted by atomic mass is 10.1. The molecule has 0 amide bonds. The summed E-state index contributed by atoms with van der Waals surface area (Å²) < 4.78 is 10.9. The molecule has 0 aliphatic rings. The maximum absolute atomic E-state index is 9.74. The molecule has 0 aromatic heterocycles. The van der Waals surface area contributed by atoms with E-state index in [1.54, 1.807) is 0 Å². The van der Waals surface area contributed by atoms with Gasteiger partial charge < -0.3 is 19.9 Å². The van der Waals surface area contributed by atoms with Crippen molar-refractivity contribution in [2.24, 2.45) is 0 Å². The Balaban J connectivity index is 2.37. The normalized spacial score (nSPS) is 14.2. The standard InChI is InChI=1S/C17H29NO3/c1-5-10-18-14(4)15-6-8-17(9-7-15)21-12-16(19)11-20-13(2)3/h6-9,13-14,16,18-19H,5,10-12H2,1-4H3. The number of rotatable bonds is 10. The Bertz CT molecular complexity index is 378. The number of aliphatic hydroxyl groups excluding tert-OH is 1. The van der Waals surface area contributed by atoms with Gasteiger partial charge in [-0.3, -0.25) is 0 Å². The van der Waals surface area contributed by atoms with Crippen LogP contribution in [0, 0.1) is 0 Å². The highest BCUT2D eigenvalue weighted by atomic mass is 16.5. The van der Waals surface area contributed by atoms with Crippen LogP contribution in [0.2, 0.25) is 0 Å². The molecule has 2 atom stereocenters. The van der Waals surface area contributed by atoms with Gasteiger partial charge in [0.15, 0.2) is 0 Å². The first kappa shape index (κ1) is 18.0. The minimum Gasteiger partial charge on any atom is -0.491 e. The second-order valence-electron chi connectivity index (χ2n) is 5.59. The Morgan fingerprint density at radius 3 is 2.33 bits per heavy atom. The zero-order valence-electron chi connectivity index (χ0n) is 13.6. The third-order valence-corrected chi connectivity index (χ3v) is 3.14. The van der Waals surface area contributed by atoms with Gasteiger partial charge in [-0.25, -0.2) is 0 Å². The Morgan fingerprint density at radius 1 is 1.10 bits per heavy atom. The summed E-state index contributed by atoms with van der Waals surface area (Å²) in [6, 6.07) is 8.33. The number of hydrogen-bond donors (Lipinski definition) is 2. The van der Waals surface area contributed by atoms with Crippen molar-refractivity contribution in [3.63, 3.8) is 0 Å². The zero-order chi connectivity index (χ0) is 15.7. The van der Waals surface area contributed by atoms with Crippen molar-refractivity contribution in [3.8, 4) is 5.75 Å². The summed E-state index contributed by atoms with van der Waals surface area (Å²) in [7, 11) is 0. The first-order valence-electron chi connectivity index (χ1n) is 7.78. The molecule has 21 heavy (non-hydrogen) atoms. The molecule has 0 aliphatic carbocycles. The van der Waals surface area contributed by atoms with Gasteiger partial charge in [0.2, 0.25) is 0 Å². The van der Waals surface area contributed by atoms with Crippen LogP contribution in [0.4, 0.5) is 0 Å². The van der Waals surface area contributed by atoms with E-state index in [1.165, 1.54) is 5.56 Å². The number of hydrogen-bond acceptors (Lipinski definition) is 4. The molecule has 0 radical (unpaired) electrons. The Hall–Kier alpha value is -1.10. The Labute approximate surface area is 128 Å². The van der Waals surface area contributed by atoms with Crippen LogP contribution in [0.3, 0.4) is 0 Å². The highest BCUT2D eigenvalue weighted by molar-refractivity contribution is 5.28. The van der Waals surface area contributed by atoms with Gasteiger partial charge in [0.25, 0.3) is 0 Å². The second kappa shape index (κ2) is 9.77. The van der Waals surface area contributed by atoms with Crippen LogP contribution in [0.15, 0.2) is 24.3 Å². The molecule has 2 N–H and O–H groups in total. The van der Waals surface area contributed by atoms with Gasteiger partial charge in [0, 0.05) is 6.04 Å². The highest BCUT2D eigenvalue weighted by Gasteiger charge is 2.08. The largest absolute Gasteiger partial charge is 0.491 e. The summed E-state index contributed by atoms with van der Waals surface area (Å²) in [4.78, 5) is 0. The van der Waals surface area contributed by atoms with Crippen LogP contribution in [0.25, 0.3) is 0 Å². The van der Waals surface area contributed by atoms with E-state index >= 15 is 0 Å². The Kier molecular flexibility index (Phi) is 8.35. The SMILES string of the molecule is CCCNC(C)c1ccc(OCC(O)COC(C)C)cc1. The van der Waals surface area contributed by atoms with Gasteiger partial charge in [-0.15, -0.1) is 0 Å². The maximum atomic E-state index is 9.74. The van der Waals surface area contributed by atoms with E-state index in [0.29, 0.717) is 12.6 Å². The molecule has 0 saturated carbocycles. The van der Waals surface area contributed by atoms with Crippen LogP contribution in [-0.2, 0) is 4.74 Å². The van der Waals surface area contributed by atoms with E-state index < -0.39 is 6.10 Å². The molecule has 0 heterocycles. The number of benzene rings is 1. The molecule has 0 bridgehead atoms. The number of aliphatic hydroxyl groups is 1. The summed E-state index contributed by atoms with van der Waals surface area (Å²) in [5.41, 5.74) is 1.24. The highest BCUT2D eigenvalue weighted by Crippen LogP contribution is 2.17. The molecule has 2 unspecified atom stereocenters. The molecule has 1 aromatic carbocycles. The van der Waals surface area contributed by atoms with Gasteiger partial charge in [-0.2, -0.15) is 0 Å². The van der Waals surface area contributed by atoms with Gasteiger partial charge in [-0.05, 0) is 51.4 Å². The lowest BCUT2D eigenvalue weighted by Gasteiger charge is -2.16. The molecule has 0 spiro atoms. The third-order valence-electron chi connectivity index (χ3n) is 3.14. The van der Waals surface area contributed by atoms with Crippen molar-refractivity contribution >= 4 is 0 Å². The molecule has 120 valence electrons.